The Kier molecular flexibility index (Phi) is 4.35. The van der Waals surface area contributed by atoms with E-state index in [-0.39, 0.29) is 5.78 Å². The van der Waals surface area contributed by atoms with Crippen LogP contribution < -0.4 is 4.74 Å². The molecule has 0 bridgehead atoms. The first-order valence-corrected chi connectivity index (χ1v) is 7.42. The minimum Gasteiger partial charge on any atom is -0.497 e. The second-order valence-corrected chi connectivity index (χ2v) is 5.38. The van der Waals surface area contributed by atoms with Crippen molar-refractivity contribution in [2.75, 3.05) is 20.2 Å². The highest BCUT2D eigenvalue weighted by molar-refractivity contribution is 6.10. The molecule has 3 rings (SSSR count). The number of hydrogen-bond donors (Lipinski definition) is 0. The van der Waals surface area contributed by atoms with Crippen LogP contribution in [0.1, 0.15) is 21.5 Å². The predicted molar refractivity (Wildman–Crippen MR) is 87.3 cm³/mol. The summed E-state index contributed by atoms with van der Waals surface area (Å²) in [6.45, 7) is 2.68. The summed E-state index contributed by atoms with van der Waals surface area (Å²) in [6, 6.07) is 15.2. The molecule has 0 N–H and O–H groups in total. The van der Waals surface area contributed by atoms with Gasteiger partial charge in [0.25, 0.3) is 0 Å². The Hall–Kier alpha value is -2.39. The molecule has 112 valence electrons. The highest BCUT2D eigenvalue weighted by atomic mass is 16.5. The van der Waals surface area contributed by atoms with Crippen LogP contribution in [0.3, 0.4) is 0 Å². The van der Waals surface area contributed by atoms with E-state index in [1.807, 2.05) is 42.5 Å². The number of carbonyl (C=O) groups excluding carboxylic acids is 1. The van der Waals surface area contributed by atoms with Crippen LogP contribution in [0.25, 0.3) is 0 Å². The SMILES string of the molecule is COc1cccc(C(=O)c2ccccc2CN2CC=CC2)c1. The lowest BCUT2D eigenvalue weighted by Gasteiger charge is -2.17. The van der Waals surface area contributed by atoms with Crippen LogP contribution >= 0.6 is 0 Å². The zero-order valence-corrected chi connectivity index (χ0v) is 12.7. The van der Waals surface area contributed by atoms with E-state index < -0.39 is 0 Å². The van der Waals surface area contributed by atoms with Gasteiger partial charge in [0.15, 0.2) is 5.78 Å². The van der Waals surface area contributed by atoms with Crippen LogP contribution in [0.15, 0.2) is 60.7 Å². The summed E-state index contributed by atoms with van der Waals surface area (Å²) < 4.78 is 5.21. The summed E-state index contributed by atoms with van der Waals surface area (Å²) in [6.07, 6.45) is 4.32. The molecule has 0 fully saturated rings. The van der Waals surface area contributed by atoms with Crippen molar-refractivity contribution in [3.05, 3.63) is 77.4 Å². The van der Waals surface area contributed by atoms with Crippen LogP contribution in [-0.4, -0.2) is 30.9 Å². The maximum Gasteiger partial charge on any atom is 0.193 e. The Morgan fingerprint density at radius 2 is 1.86 bits per heavy atom. The van der Waals surface area contributed by atoms with E-state index in [0.717, 1.165) is 30.8 Å². The van der Waals surface area contributed by atoms with Crippen LogP contribution in [0.5, 0.6) is 5.75 Å². The van der Waals surface area contributed by atoms with Crippen LogP contribution in [0.4, 0.5) is 0 Å². The number of methoxy groups -OCH3 is 1. The zero-order chi connectivity index (χ0) is 15.4. The molecule has 0 amide bonds. The van der Waals surface area contributed by atoms with Gasteiger partial charge in [0.1, 0.15) is 5.75 Å². The van der Waals surface area contributed by atoms with Crippen molar-refractivity contribution in [2.24, 2.45) is 0 Å². The molecule has 2 aromatic carbocycles. The minimum absolute atomic E-state index is 0.0432. The Morgan fingerprint density at radius 3 is 2.64 bits per heavy atom. The standard InChI is InChI=1S/C19H19NO2/c1-22-17-9-6-8-15(13-17)19(21)18-10-3-2-7-16(18)14-20-11-4-5-12-20/h2-10,13H,11-12,14H2,1H3. The maximum absolute atomic E-state index is 12.8. The fraction of sp³-hybridized carbons (Fsp3) is 0.211. The average molecular weight is 293 g/mol. The molecule has 0 aromatic heterocycles. The number of hydrogen-bond acceptors (Lipinski definition) is 3. The molecule has 0 unspecified atom stereocenters. The summed E-state index contributed by atoms with van der Waals surface area (Å²) in [4.78, 5) is 15.1. The summed E-state index contributed by atoms with van der Waals surface area (Å²) in [7, 11) is 1.61. The van der Waals surface area contributed by atoms with E-state index in [0.29, 0.717) is 11.3 Å². The third kappa shape index (κ3) is 3.10. The van der Waals surface area contributed by atoms with Gasteiger partial charge in [-0.25, -0.2) is 0 Å². The van der Waals surface area contributed by atoms with E-state index >= 15 is 0 Å². The molecule has 3 nitrogen and oxygen atoms in total. The molecule has 0 saturated heterocycles. The molecule has 1 aliphatic heterocycles. The molecule has 1 aliphatic rings. The van der Waals surface area contributed by atoms with Gasteiger partial charge in [0.05, 0.1) is 7.11 Å². The van der Waals surface area contributed by atoms with Crippen LogP contribution in [0.2, 0.25) is 0 Å². The predicted octanol–water partition coefficient (Wildman–Crippen LogP) is 3.30. The van der Waals surface area contributed by atoms with E-state index in [9.17, 15) is 4.79 Å². The third-order valence-corrected chi connectivity index (χ3v) is 3.88. The fourth-order valence-electron chi connectivity index (χ4n) is 2.69. The first-order chi connectivity index (χ1) is 10.8. The van der Waals surface area contributed by atoms with Gasteiger partial charge in [0.2, 0.25) is 0 Å². The molecule has 1 heterocycles. The van der Waals surface area contributed by atoms with Crippen molar-refractivity contribution in [1.29, 1.82) is 0 Å². The lowest BCUT2D eigenvalue weighted by Crippen LogP contribution is -2.21. The van der Waals surface area contributed by atoms with Crippen molar-refractivity contribution < 1.29 is 9.53 Å². The maximum atomic E-state index is 12.8. The Labute approximate surface area is 130 Å². The second-order valence-electron chi connectivity index (χ2n) is 5.38. The van der Waals surface area contributed by atoms with Gasteiger partial charge in [-0.3, -0.25) is 9.69 Å². The van der Waals surface area contributed by atoms with Crippen molar-refractivity contribution in [1.82, 2.24) is 4.90 Å². The molecule has 2 aromatic rings. The molecule has 0 saturated carbocycles. The number of carbonyl (C=O) groups is 1. The van der Waals surface area contributed by atoms with Gasteiger partial charge in [-0.15, -0.1) is 0 Å². The highest BCUT2D eigenvalue weighted by Crippen LogP contribution is 2.20. The van der Waals surface area contributed by atoms with Gasteiger partial charge in [0, 0.05) is 30.8 Å². The van der Waals surface area contributed by atoms with E-state index in [2.05, 4.69) is 17.1 Å². The largest absolute Gasteiger partial charge is 0.497 e. The average Bonchev–Trinajstić information content (AvgIpc) is 3.08. The lowest BCUT2D eigenvalue weighted by molar-refractivity contribution is 0.103. The normalized spacial score (nSPS) is 14.2. The van der Waals surface area contributed by atoms with Crippen molar-refractivity contribution in [3.63, 3.8) is 0 Å². The van der Waals surface area contributed by atoms with Crippen LogP contribution in [0, 0.1) is 0 Å². The molecule has 0 aliphatic carbocycles. The first-order valence-electron chi connectivity index (χ1n) is 7.42. The van der Waals surface area contributed by atoms with Gasteiger partial charge in [-0.1, -0.05) is 48.6 Å². The number of rotatable bonds is 5. The van der Waals surface area contributed by atoms with Gasteiger partial charge in [-0.2, -0.15) is 0 Å². The summed E-state index contributed by atoms with van der Waals surface area (Å²) >= 11 is 0. The van der Waals surface area contributed by atoms with Crippen LogP contribution in [-0.2, 0) is 6.54 Å². The highest BCUT2D eigenvalue weighted by Gasteiger charge is 2.16. The monoisotopic (exact) mass is 293 g/mol. The number of ether oxygens (including phenoxy) is 1. The van der Waals surface area contributed by atoms with Gasteiger partial charge >= 0.3 is 0 Å². The van der Waals surface area contributed by atoms with Gasteiger partial charge < -0.3 is 4.74 Å². The molecule has 0 radical (unpaired) electrons. The molecule has 3 heteroatoms. The van der Waals surface area contributed by atoms with Crippen molar-refractivity contribution in [3.8, 4) is 5.75 Å². The topological polar surface area (TPSA) is 29.5 Å². The van der Waals surface area contributed by atoms with E-state index in [1.165, 1.54) is 0 Å². The summed E-state index contributed by atoms with van der Waals surface area (Å²) in [5.74, 6) is 0.744. The first kappa shape index (κ1) is 14.5. The Bertz CT molecular complexity index is 698. The van der Waals surface area contributed by atoms with Crippen molar-refractivity contribution >= 4 is 5.78 Å². The molecular weight excluding hydrogens is 274 g/mol. The second kappa shape index (κ2) is 6.58. The van der Waals surface area contributed by atoms with E-state index in [4.69, 9.17) is 4.74 Å². The number of nitrogens with zero attached hydrogens (tertiary/aromatic N) is 1. The third-order valence-electron chi connectivity index (χ3n) is 3.88. The quantitative estimate of drug-likeness (QED) is 0.626. The summed E-state index contributed by atoms with van der Waals surface area (Å²) in [5.41, 5.74) is 2.49. The smallest absolute Gasteiger partial charge is 0.193 e. The number of benzene rings is 2. The lowest BCUT2D eigenvalue weighted by atomic mass is 9.98. The zero-order valence-electron chi connectivity index (χ0n) is 12.7. The molecule has 22 heavy (non-hydrogen) atoms. The Balaban J connectivity index is 1.88. The minimum atomic E-state index is 0.0432. The van der Waals surface area contributed by atoms with Gasteiger partial charge in [-0.05, 0) is 17.7 Å². The fourth-order valence-corrected chi connectivity index (χ4v) is 2.69. The molecule has 0 atom stereocenters. The molecule has 0 spiro atoms. The summed E-state index contributed by atoms with van der Waals surface area (Å²) in [5, 5.41) is 0. The van der Waals surface area contributed by atoms with E-state index in [1.54, 1.807) is 13.2 Å². The Morgan fingerprint density at radius 1 is 1.09 bits per heavy atom. The molecular formula is C19H19NO2. The van der Waals surface area contributed by atoms with Crippen molar-refractivity contribution in [2.45, 2.75) is 6.54 Å². The number of ketones is 1.